The molecule has 146 valence electrons. The molecule has 0 aliphatic carbocycles. The third-order valence-corrected chi connectivity index (χ3v) is 5.70. The SMILES string of the molecule is COc1ccc(N(CC(=O)N/N=C\c2sccc2C)S(C)(=O)=O)c(OC)c1. The number of hydrogen-bond donors (Lipinski definition) is 1. The minimum absolute atomic E-state index is 0.231. The van der Waals surface area contributed by atoms with Crippen molar-refractivity contribution in [2.24, 2.45) is 5.10 Å². The minimum Gasteiger partial charge on any atom is -0.497 e. The summed E-state index contributed by atoms with van der Waals surface area (Å²) in [5.74, 6) is 0.193. The molecule has 1 aromatic carbocycles. The summed E-state index contributed by atoms with van der Waals surface area (Å²) in [5, 5.41) is 5.80. The van der Waals surface area contributed by atoms with Crippen LogP contribution in [0, 0.1) is 6.92 Å². The van der Waals surface area contributed by atoms with Crippen LogP contribution in [0.1, 0.15) is 10.4 Å². The van der Waals surface area contributed by atoms with E-state index in [2.05, 4.69) is 10.5 Å². The van der Waals surface area contributed by atoms with Gasteiger partial charge in [-0.05, 0) is 36.1 Å². The minimum atomic E-state index is -3.74. The topological polar surface area (TPSA) is 97.3 Å². The van der Waals surface area contributed by atoms with Gasteiger partial charge in [-0.1, -0.05) is 0 Å². The third kappa shape index (κ3) is 5.44. The molecular formula is C17H21N3O5S2. The van der Waals surface area contributed by atoms with Crippen LogP contribution in [0.2, 0.25) is 0 Å². The molecule has 1 amide bonds. The molecule has 0 bridgehead atoms. The maximum atomic E-state index is 12.2. The Kier molecular flexibility index (Phi) is 6.81. The van der Waals surface area contributed by atoms with Gasteiger partial charge in [0, 0.05) is 10.9 Å². The second-order valence-electron chi connectivity index (χ2n) is 5.57. The van der Waals surface area contributed by atoms with Crippen molar-refractivity contribution < 1.29 is 22.7 Å². The Morgan fingerprint density at radius 3 is 2.59 bits per heavy atom. The molecule has 1 aromatic heterocycles. The maximum absolute atomic E-state index is 12.2. The number of nitrogens with zero attached hydrogens (tertiary/aromatic N) is 2. The maximum Gasteiger partial charge on any atom is 0.260 e. The Morgan fingerprint density at radius 2 is 2.04 bits per heavy atom. The number of carbonyl (C=O) groups excluding carboxylic acids is 1. The molecule has 0 fully saturated rings. The van der Waals surface area contributed by atoms with E-state index in [1.54, 1.807) is 12.1 Å². The molecule has 0 radical (unpaired) electrons. The molecule has 8 nitrogen and oxygen atoms in total. The Labute approximate surface area is 162 Å². The lowest BCUT2D eigenvalue weighted by atomic mass is 10.2. The summed E-state index contributed by atoms with van der Waals surface area (Å²) in [7, 11) is -0.839. The molecule has 0 atom stereocenters. The summed E-state index contributed by atoms with van der Waals surface area (Å²) >= 11 is 1.49. The second-order valence-corrected chi connectivity index (χ2v) is 8.42. The highest BCUT2D eigenvalue weighted by molar-refractivity contribution is 7.92. The van der Waals surface area contributed by atoms with E-state index in [1.807, 2.05) is 18.4 Å². The average Bonchev–Trinajstić information content (AvgIpc) is 3.03. The van der Waals surface area contributed by atoms with Crippen molar-refractivity contribution >= 4 is 39.2 Å². The van der Waals surface area contributed by atoms with Crippen LogP contribution < -0.4 is 19.2 Å². The number of rotatable bonds is 8. The van der Waals surface area contributed by atoms with Crippen LogP contribution in [-0.2, 0) is 14.8 Å². The quantitative estimate of drug-likeness (QED) is 0.529. The van der Waals surface area contributed by atoms with Crippen molar-refractivity contribution in [3.05, 3.63) is 40.1 Å². The molecule has 0 aliphatic rings. The lowest BCUT2D eigenvalue weighted by Gasteiger charge is -2.23. The fourth-order valence-corrected chi connectivity index (χ4v) is 3.86. The first kappa shape index (κ1) is 20.7. The van der Waals surface area contributed by atoms with Crippen molar-refractivity contribution in [3.63, 3.8) is 0 Å². The number of thiophene rings is 1. The third-order valence-electron chi connectivity index (χ3n) is 3.62. The Hall–Kier alpha value is -2.59. The Bertz CT molecular complexity index is 938. The molecule has 2 rings (SSSR count). The van der Waals surface area contributed by atoms with Gasteiger partial charge in [-0.25, -0.2) is 13.8 Å². The van der Waals surface area contributed by atoms with E-state index in [0.29, 0.717) is 5.75 Å². The number of hydrazone groups is 1. The largest absolute Gasteiger partial charge is 0.497 e. The molecule has 0 saturated heterocycles. The number of sulfonamides is 1. The van der Waals surface area contributed by atoms with Crippen LogP contribution in [0.4, 0.5) is 5.69 Å². The first-order valence-corrected chi connectivity index (χ1v) is 10.5. The van der Waals surface area contributed by atoms with E-state index < -0.39 is 22.5 Å². The standard InChI is InChI=1S/C17H21N3O5S2/c1-12-7-8-26-16(12)10-18-19-17(21)11-20(27(4,22)23)14-6-5-13(24-2)9-15(14)25-3/h5-10H,11H2,1-4H3,(H,19,21)/b18-10-. The molecule has 0 unspecified atom stereocenters. The zero-order valence-electron chi connectivity index (χ0n) is 15.4. The van der Waals surface area contributed by atoms with Gasteiger partial charge in [-0.2, -0.15) is 5.10 Å². The van der Waals surface area contributed by atoms with E-state index in [1.165, 1.54) is 37.8 Å². The average molecular weight is 412 g/mol. The summed E-state index contributed by atoms with van der Waals surface area (Å²) in [6.45, 7) is 1.49. The summed E-state index contributed by atoms with van der Waals surface area (Å²) < 4.78 is 35.7. The van der Waals surface area contributed by atoms with Gasteiger partial charge < -0.3 is 9.47 Å². The molecule has 0 saturated carbocycles. The van der Waals surface area contributed by atoms with Crippen molar-refractivity contribution in [1.29, 1.82) is 0 Å². The van der Waals surface area contributed by atoms with E-state index >= 15 is 0 Å². The summed E-state index contributed by atoms with van der Waals surface area (Å²) in [6.07, 6.45) is 2.54. The molecule has 0 aliphatic heterocycles. The van der Waals surface area contributed by atoms with Crippen LogP contribution >= 0.6 is 11.3 Å². The number of benzene rings is 1. The van der Waals surface area contributed by atoms with Gasteiger partial charge in [0.25, 0.3) is 5.91 Å². The molecule has 10 heteroatoms. The second kappa shape index (κ2) is 8.87. The number of nitrogens with one attached hydrogen (secondary N) is 1. The Morgan fingerprint density at radius 1 is 1.30 bits per heavy atom. The number of amides is 1. The van der Waals surface area contributed by atoms with Crippen LogP contribution in [0.25, 0.3) is 0 Å². The van der Waals surface area contributed by atoms with Crippen molar-refractivity contribution in [3.8, 4) is 11.5 Å². The van der Waals surface area contributed by atoms with Gasteiger partial charge in [-0.3, -0.25) is 9.10 Å². The lowest BCUT2D eigenvalue weighted by Crippen LogP contribution is -2.39. The fourth-order valence-electron chi connectivity index (χ4n) is 2.22. The van der Waals surface area contributed by atoms with Crippen molar-refractivity contribution in [2.45, 2.75) is 6.92 Å². The summed E-state index contributed by atoms with van der Waals surface area (Å²) in [6, 6.07) is 6.59. The predicted octanol–water partition coefficient (Wildman–Crippen LogP) is 1.99. The van der Waals surface area contributed by atoms with Crippen LogP contribution in [0.3, 0.4) is 0 Å². The summed E-state index contributed by atoms with van der Waals surface area (Å²) in [4.78, 5) is 13.1. The van der Waals surface area contributed by atoms with Crippen molar-refractivity contribution in [1.82, 2.24) is 5.43 Å². The molecule has 27 heavy (non-hydrogen) atoms. The Balaban J connectivity index is 2.19. The molecule has 1 N–H and O–H groups in total. The van der Waals surface area contributed by atoms with E-state index in [4.69, 9.17) is 9.47 Å². The number of methoxy groups -OCH3 is 2. The molecular weight excluding hydrogens is 390 g/mol. The number of carbonyl (C=O) groups is 1. The van der Waals surface area contributed by atoms with E-state index in [-0.39, 0.29) is 11.4 Å². The highest BCUT2D eigenvalue weighted by atomic mass is 32.2. The smallest absolute Gasteiger partial charge is 0.260 e. The van der Waals surface area contributed by atoms with Crippen LogP contribution in [0.15, 0.2) is 34.7 Å². The highest BCUT2D eigenvalue weighted by Crippen LogP contribution is 2.33. The number of anilines is 1. The number of hydrogen-bond acceptors (Lipinski definition) is 7. The highest BCUT2D eigenvalue weighted by Gasteiger charge is 2.24. The van der Waals surface area contributed by atoms with Gasteiger partial charge in [-0.15, -0.1) is 11.3 Å². The van der Waals surface area contributed by atoms with E-state index in [0.717, 1.165) is 21.0 Å². The first-order valence-electron chi connectivity index (χ1n) is 7.82. The zero-order chi connectivity index (χ0) is 20.0. The van der Waals surface area contributed by atoms with Crippen LogP contribution in [-0.4, -0.2) is 47.6 Å². The molecule has 1 heterocycles. The first-order chi connectivity index (χ1) is 12.8. The summed E-state index contributed by atoms with van der Waals surface area (Å²) in [5.41, 5.74) is 3.62. The van der Waals surface area contributed by atoms with Gasteiger partial charge in [0.2, 0.25) is 10.0 Å². The molecule has 0 spiro atoms. The van der Waals surface area contributed by atoms with Gasteiger partial charge in [0.1, 0.15) is 18.0 Å². The monoisotopic (exact) mass is 411 g/mol. The zero-order valence-corrected chi connectivity index (χ0v) is 17.1. The number of ether oxygens (including phenoxy) is 2. The normalized spacial score (nSPS) is 11.4. The van der Waals surface area contributed by atoms with Crippen LogP contribution in [0.5, 0.6) is 11.5 Å². The van der Waals surface area contributed by atoms with Gasteiger partial charge in [0.05, 0.1) is 32.4 Å². The van der Waals surface area contributed by atoms with Gasteiger partial charge >= 0.3 is 0 Å². The fraction of sp³-hybridized carbons (Fsp3) is 0.294. The van der Waals surface area contributed by atoms with E-state index in [9.17, 15) is 13.2 Å². The van der Waals surface area contributed by atoms with Gasteiger partial charge in [0.15, 0.2) is 0 Å². The lowest BCUT2D eigenvalue weighted by molar-refractivity contribution is -0.119. The number of aryl methyl sites for hydroxylation is 1. The predicted molar refractivity (Wildman–Crippen MR) is 107 cm³/mol. The molecule has 2 aromatic rings. The van der Waals surface area contributed by atoms with Crippen molar-refractivity contribution in [2.75, 3.05) is 31.3 Å².